The quantitative estimate of drug-likeness (QED) is 0.661. The van der Waals surface area contributed by atoms with E-state index < -0.39 is 0 Å². The van der Waals surface area contributed by atoms with Gasteiger partial charge in [-0.05, 0) is 62.9 Å². The van der Waals surface area contributed by atoms with E-state index in [1.54, 1.807) is 0 Å². The van der Waals surface area contributed by atoms with Crippen molar-refractivity contribution in [1.29, 1.82) is 0 Å². The first-order valence-corrected chi connectivity index (χ1v) is 9.37. The Balaban J connectivity index is 1.68. The van der Waals surface area contributed by atoms with Gasteiger partial charge < -0.3 is 10.1 Å². The Hall–Kier alpha value is -0.220. The highest BCUT2D eigenvalue weighted by atomic mass is 35.5. The summed E-state index contributed by atoms with van der Waals surface area (Å²) in [4.78, 5) is 1.29. The molecule has 1 saturated heterocycles. The molecule has 2 nitrogen and oxygen atoms in total. The summed E-state index contributed by atoms with van der Waals surface area (Å²) < 4.78 is 5.70. The van der Waals surface area contributed by atoms with E-state index in [1.165, 1.54) is 37.0 Å². The summed E-state index contributed by atoms with van der Waals surface area (Å²) in [5, 5.41) is 4.41. The van der Waals surface area contributed by atoms with Gasteiger partial charge in [0, 0.05) is 28.3 Å². The van der Waals surface area contributed by atoms with Crippen LogP contribution >= 0.6 is 23.4 Å². The third kappa shape index (κ3) is 6.60. The highest BCUT2D eigenvalue weighted by Gasteiger charge is 2.16. The fourth-order valence-corrected chi connectivity index (χ4v) is 3.86. The van der Waals surface area contributed by atoms with Crippen LogP contribution in [0.1, 0.15) is 39.0 Å². The second kappa shape index (κ2) is 9.73. The van der Waals surface area contributed by atoms with Gasteiger partial charge in [-0.15, -0.1) is 11.8 Å². The molecule has 0 spiro atoms. The average Bonchev–Trinajstić information content (AvgIpc) is 3.00. The topological polar surface area (TPSA) is 21.3 Å². The summed E-state index contributed by atoms with van der Waals surface area (Å²) in [5.74, 6) is 1.11. The Kier molecular flexibility index (Phi) is 7.94. The van der Waals surface area contributed by atoms with E-state index in [9.17, 15) is 0 Å². The molecular weight excluding hydrogens is 302 g/mol. The highest BCUT2D eigenvalue weighted by molar-refractivity contribution is 7.99. The third-order valence-electron chi connectivity index (χ3n) is 3.86. The van der Waals surface area contributed by atoms with Gasteiger partial charge in [0.25, 0.3) is 0 Å². The normalized spacial score (nSPS) is 19.8. The summed E-state index contributed by atoms with van der Waals surface area (Å²) in [7, 11) is 0. The van der Waals surface area contributed by atoms with Gasteiger partial charge in [-0.2, -0.15) is 0 Å². The Bertz CT molecular complexity index is 392. The monoisotopic (exact) mass is 327 g/mol. The number of hydrogen-bond acceptors (Lipinski definition) is 3. The lowest BCUT2D eigenvalue weighted by Crippen LogP contribution is -2.31. The zero-order valence-corrected chi connectivity index (χ0v) is 14.4. The van der Waals surface area contributed by atoms with E-state index >= 15 is 0 Å². The minimum atomic E-state index is 0.524. The molecular formula is C17H26ClNOS. The summed E-state index contributed by atoms with van der Waals surface area (Å²) in [5.41, 5.74) is 0. The van der Waals surface area contributed by atoms with Crippen LogP contribution in [0, 0.1) is 0 Å². The molecule has 2 rings (SSSR count). The lowest BCUT2D eigenvalue weighted by molar-refractivity contribution is 0.101. The van der Waals surface area contributed by atoms with E-state index in [-0.39, 0.29) is 0 Å². The Labute approximate surface area is 138 Å². The fraction of sp³-hybridized carbons (Fsp3) is 0.647. The van der Waals surface area contributed by atoms with Crippen molar-refractivity contribution < 1.29 is 4.74 Å². The van der Waals surface area contributed by atoms with Crippen molar-refractivity contribution in [1.82, 2.24) is 5.32 Å². The molecule has 21 heavy (non-hydrogen) atoms. The van der Waals surface area contributed by atoms with E-state index in [0.29, 0.717) is 12.1 Å². The average molecular weight is 328 g/mol. The predicted molar refractivity (Wildman–Crippen MR) is 92.5 cm³/mol. The molecule has 1 aromatic carbocycles. The van der Waals surface area contributed by atoms with Gasteiger partial charge in [-0.3, -0.25) is 0 Å². The third-order valence-corrected chi connectivity index (χ3v) is 5.29. The Morgan fingerprint density at radius 3 is 2.86 bits per heavy atom. The molecule has 0 aromatic heterocycles. The molecule has 1 aliphatic rings. The summed E-state index contributed by atoms with van der Waals surface area (Å²) in [6, 6.07) is 8.70. The van der Waals surface area contributed by atoms with Crippen molar-refractivity contribution in [2.45, 2.75) is 56.1 Å². The Morgan fingerprint density at radius 2 is 2.19 bits per heavy atom. The van der Waals surface area contributed by atoms with Crippen LogP contribution in [-0.4, -0.2) is 31.1 Å². The van der Waals surface area contributed by atoms with Crippen LogP contribution in [-0.2, 0) is 4.74 Å². The zero-order chi connectivity index (χ0) is 14.9. The molecule has 1 N–H and O–H groups in total. The van der Waals surface area contributed by atoms with E-state index in [0.717, 1.165) is 23.9 Å². The van der Waals surface area contributed by atoms with Gasteiger partial charge >= 0.3 is 0 Å². The molecule has 2 unspecified atom stereocenters. The number of benzene rings is 1. The first-order chi connectivity index (χ1) is 10.3. The van der Waals surface area contributed by atoms with Crippen molar-refractivity contribution in [2.24, 2.45) is 0 Å². The minimum Gasteiger partial charge on any atom is -0.378 e. The standard InChI is InChI=1S/C17H26ClNOS/c1-2-19-15(5-3-6-16-7-4-12-20-16)13-21-17-10-8-14(18)9-11-17/h8-11,15-16,19H,2-7,12-13H2,1H3. The summed E-state index contributed by atoms with van der Waals surface area (Å²) >= 11 is 7.83. The van der Waals surface area contributed by atoms with Gasteiger partial charge in [0.15, 0.2) is 0 Å². The molecule has 1 heterocycles. The fourth-order valence-electron chi connectivity index (χ4n) is 2.72. The van der Waals surface area contributed by atoms with Crippen molar-refractivity contribution in [3.8, 4) is 0 Å². The van der Waals surface area contributed by atoms with Gasteiger partial charge in [0.05, 0.1) is 6.10 Å². The van der Waals surface area contributed by atoms with Crippen molar-refractivity contribution >= 4 is 23.4 Å². The number of hydrogen-bond donors (Lipinski definition) is 1. The predicted octanol–water partition coefficient (Wildman–Crippen LogP) is 4.76. The lowest BCUT2D eigenvalue weighted by atomic mass is 10.1. The highest BCUT2D eigenvalue weighted by Crippen LogP contribution is 2.23. The lowest BCUT2D eigenvalue weighted by Gasteiger charge is -2.18. The molecule has 1 aromatic rings. The van der Waals surface area contributed by atoms with Crippen LogP contribution in [0.5, 0.6) is 0 Å². The maximum Gasteiger partial charge on any atom is 0.0576 e. The Morgan fingerprint density at radius 1 is 1.38 bits per heavy atom. The van der Waals surface area contributed by atoms with Crippen LogP contribution in [0.25, 0.3) is 0 Å². The number of halogens is 1. The molecule has 2 atom stereocenters. The summed E-state index contributed by atoms with van der Waals surface area (Å²) in [6.45, 7) is 4.18. The van der Waals surface area contributed by atoms with Gasteiger partial charge in [-0.1, -0.05) is 18.5 Å². The largest absolute Gasteiger partial charge is 0.378 e. The first kappa shape index (κ1) is 17.1. The maximum atomic E-state index is 5.92. The molecule has 118 valence electrons. The van der Waals surface area contributed by atoms with Gasteiger partial charge in [-0.25, -0.2) is 0 Å². The molecule has 4 heteroatoms. The second-order valence-electron chi connectivity index (χ2n) is 5.59. The molecule has 0 bridgehead atoms. The number of rotatable bonds is 9. The summed E-state index contributed by atoms with van der Waals surface area (Å²) in [6.07, 6.45) is 6.72. The first-order valence-electron chi connectivity index (χ1n) is 8.01. The van der Waals surface area contributed by atoms with E-state index in [4.69, 9.17) is 16.3 Å². The minimum absolute atomic E-state index is 0.524. The van der Waals surface area contributed by atoms with Crippen LogP contribution in [0.3, 0.4) is 0 Å². The molecule has 0 aliphatic carbocycles. The van der Waals surface area contributed by atoms with Crippen molar-refractivity contribution in [3.63, 3.8) is 0 Å². The SMILES string of the molecule is CCNC(CCCC1CCCO1)CSc1ccc(Cl)cc1. The van der Waals surface area contributed by atoms with Gasteiger partial charge in [0.2, 0.25) is 0 Å². The van der Waals surface area contributed by atoms with Crippen LogP contribution in [0.2, 0.25) is 5.02 Å². The van der Waals surface area contributed by atoms with Crippen molar-refractivity contribution in [3.05, 3.63) is 29.3 Å². The number of ether oxygens (including phenoxy) is 1. The molecule has 0 saturated carbocycles. The zero-order valence-electron chi connectivity index (χ0n) is 12.8. The van der Waals surface area contributed by atoms with Crippen molar-refractivity contribution in [2.75, 3.05) is 18.9 Å². The number of thioether (sulfide) groups is 1. The van der Waals surface area contributed by atoms with Crippen LogP contribution in [0.15, 0.2) is 29.2 Å². The number of nitrogens with one attached hydrogen (secondary N) is 1. The van der Waals surface area contributed by atoms with Crippen LogP contribution in [0.4, 0.5) is 0 Å². The smallest absolute Gasteiger partial charge is 0.0576 e. The molecule has 0 radical (unpaired) electrons. The second-order valence-corrected chi connectivity index (χ2v) is 7.12. The molecule has 0 amide bonds. The molecule has 1 fully saturated rings. The van der Waals surface area contributed by atoms with E-state index in [1.807, 2.05) is 23.9 Å². The van der Waals surface area contributed by atoms with Crippen LogP contribution < -0.4 is 5.32 Å². The van der Waals surface area contributed by atoms with E-state index in [2.05, 4.69) is 24.4 Å². The maximum absolute atomic E-state index is 5.92. The molecule has 1 aliphatic heterocycles. The van der Waals surface area contributed by atoms with Gasteiger partial charge in [0.1, 0.15) is 0 Å².